The number of thioether (sulfide) groups is 1. The summed E-state index contributed by atoms with van der Waals surface area (Å²) in [7, 11) is -2.41. The first-order valence-electron chi connectivity index (χ1n) is 5.43. The van der Waals surface area contributed by atoms with Gasteiger partial charge in [0.2, 0.25) is 10.0 Å². The number of ether oxygens (including phenoxy) is 1. The monoisotopic (exact) mass is 365 g/mol. The zero-order valence-electron chi connectivity index (χ0n) is 10.1. The SMILES string of the molecule is COC(=O)C1SCCN1S(=O)(=O)c1ccc(Br)cc1. The summed E-state index contributed by atoms with van der Waals surface area (Å²) in [5.41, 5.74) is 0. The van der Waals surface area contributed by atoms with Crippen LogP contribution in [0.2, 0.25) is 0 Å². The van der Waals surface area contributed by atoms with E-state index in [1.807, 2.05) is 0 Å². The third kappa shape index (κ3) is 2.96. The summed E-state index contributed by atoms with van der Waals surface area (Å²) < 4.78 is 31.6. The summed E-state index contributed by atoms with van der Waals surface area (Å²) in [6.07, 6.45) is 0. The van der Waals surface area contributed by atoms with Gasteiger partial charge in [-0.3, -0.25) is 0 Å². The van der Waals surface area contributed by atoms with Crippen LogP contribution in [-0.2, 0) is 19.6 Å². The van der Waals surface area contributed by atoms with Gasteiger partial charge >= 0.3 is 5.97 Å². The highest BCUT2D eigenvalue weighted by Crippen LogP contribution is 2.31. The zero-order valence-corrected chi connectivity index (χ0v) is 13.3. The Balaban J connectivity index is 2.33. The second kappa shape index (κ2) is 5.82. The van der Waals surface area contributed by atoms with E-state index in [2.05, 4.69) is 20.7 Å². The molecule has 0 radical (unpaired) electrons. The molecule has 0 N–H and O–H groups in total. The first kappa shape index (κ1) is 14.8. The van der Waals surface area contributed by atoms with Crippen LogP contribution in [0.5, 0.6) is 0 Å². The van der Waals surface area contributed by atoms with Crippen molar-refractivity contribution in [2.45, 2.75) is 10.3 Å². The average Bonchev–Trinajstić information content (AvgIpc) is 2.88. The van der Waals surface area contributed by atoms with E-state index in [0.29, 0.717) is 12.3 Å². The Labute approximate surface area is 124 Å². The van der Waals surface area contributed by atoms with E-state index in [1.54, 1.807) is 12.1 Å². The molecule has 1 fully saturated rings. The topological polar surface area (TPSA) is 63.7 Å². The van der Waals surface area contributed by atoms with Crippen molar-refractivity contribution in [3.8, 4) is 0 Å². The maximum Gasteiger partial charge on any atom is 0.334 e. The molecule has 1 aromatic rings. The Morgan fingerprint density at radius 1 is 1.42 bits per heavy atom. The van der Waals surface area contributed by atoms with Gasteiger partial charge in [0.25, 0.3) is 0 Å². The minimum Gasteiger partial charge on any atom is -0.467 e. The molecule has 0 bridgehead atoms. The fourth-order valence-electron chi connectivity index (χ4n) is 1.73. The Morgan fingerprint density at radius 2 is 2.05 bits per heavy atom. The first-order valence-corrected chi connectivity index (χ1v) is 8.72. The summed E-state index contributed by atoms with van der Waals surface area (Å²) in [5.74, 6) is 0.0402. The lowest BCUT2D eigenvalue weighted by Crippen LogP contribution is -2.39. The largest absolute Gasteiger partial charge is 0.467 e. The molecular formula is C11H12BrNO4S2. The predicted molar refractivity (Wildman–Crippen MR) is 76.3 cm³/mol. The predicted octanol–water partition coefficient (Wildman–Crippen LogP) is 1.69. The summed E-state index contributed by atoms with van der Waals surface area (Å²) in [6.45, 7) is 0.308. The molecule has 0 aliphatic carbocycles. The van der Waals surface area contributed by atoms with Crippen molar-refractivity contribution in [1.82, 2.24) is 4.31 Å². The summed E-state index contributed by atoms with van der Waals surface area (Å²) >= 11 is 4.53. The molecule has 1 saturated heterocycles. The third-order valence-corrected chi connectivity index (χ3v) is 6.39. The minimum atomic E-state index is -3.67. The molecule has 1 heterocycles. The molecule has 1 aliphatic heterocycles. The van der Waals surface area contributed by atoms with Crippen molar-refractivity contribution in [2.75, 3.05) is 19.4 Å². The maximum atomic E-state index is 12.5. The van der Waals surface area contributed by atoms with Crippen molar-refractivity contribution < 1.29 is 17.9 Å². The van der Waals surface area contributed by atoms with Crippen molar-refractivity contribution in [1.29, 1.82) is 0 Å². The number of nitrogens with zero attached hydrogens (tertiary/aromatic N) is 1. The van der Waals surface area contributed by atoms with Crippen LogP contribution < -0.4 is 0 Å². The fraction of sp³-hybridized carbons (Fsp3) is 0.364. The standard InChI is InChI=1S/C11H12BrNO4S2/c1-17-11(14)10-13(6-7-18-10)19(15,16)9-4-2-8(12)3-5-9/h2-5,10H,6-7H2,1H3. The number of rotatable bonds is 3. The van der Waals surface area contributed by atoms with E-state index in [0.717, 1.165) is 4.47 Å². The van der Waals surface area contributed by atoms with Crippen molar-refractivity contribution >= 4 is 43.7 Å². The van der Waals surface area contributed by atoms with Gasteiger partial charge in [-0.05, 0) is 24.3 Å². The van der Waals surface area contributed by atoms with Gasteiger partial charge in [0, 0.05) is 16.8 Å². The molecule has 104 valence electrons. The van der Waals surface area contributed by atoms with Gasteiger partial charge < -0.3 is 4.74 Å². The van der Waals surface area contributed by atoms with Gasteiger partial charge in [-0.15, -0.1) is 11.8 Å². The first-order chi connectivity index (χ1) is 8.96. The van der Waals surface area contributed by atoms with Gasteiger partial charge in [0.15, 0.2) is 5.37 Å². The van der Waals surface area contributed by atoms with E-state index in [4.69, 9.17) is 0 Å². The molecule has 2 rings (SSSR count). The van der Waals surface area contributed by atoms with Crippen LogP contribution >= 0.6 is 27.7 Å². The van der Waals surface area contributed by atoms with Crippen LogP contribution in [0.4, 0.5) is 0 Å². The lowest BCUT2D eigenvalue weighted by molar-refractivity contribution is -0.141. The van der Waals surface area contributed by atoms with Gasteiger partial charge in [-0.25, -0.2) is 13.2 Å². The lowest BCUT2D eigenvalue weighted by atomic mass is 10.4. The van der Waals surface area contributed by atoms with E-state index in [1.165, 1.54) is 35.3 Å². The number of hydrogen-bond acceptors (Lipinski definition) is 5. The number of methoxy groups -OCH3 is 1. The van der Waals surface area contributed by atoms with Crippen LogP contribution in [0.25, 0.3) is 0 Å². The van der Waals surface area contributed by atoms with Gasteiger partial charge in [0.1, 0.15) is 0 Å². The highest BCUT2D eigenvalue weighted by molar-refractivity contribution is 9.10. The van der Waals surface area contributed by atoms with Crippen molar-refractivity contribution in [3.05, 3.63) is 28.7 Å². The molecule has 19 heavy (non-hydrogen) atoms. The van der Waals surface area contributed by atoms with Crippen LogP contribution in [0.15, 0.2) is 33.6 Å². The fourth-order valence-corrected chi connectivity index (χ4v) is 5.08. The summed E-state index contributed by atoms with van der Waals surface area (Å²) in [5, 5.41) is -0.793. The van der Waals surface area contributed by atoms with Crippen LogP contribution in [0.1, 0.15) is 0 Å². The smallest absolute Gasteiger partial charge is 0.334 e. The van der Waals surface area contributed by atoms with Crippen LogP contribution in [0, 0.1) is 0 Å². The number of carbonyl (C=O) groups is 1. The Kier molecular flexibility index (Phi) is 4.54. The van der Waals surface area contributed by atoms with Crippen LogP contribution in [-0.4, -0.2) is 43.5 Å². The molecule has 1 aromatic carbocycles. The lowest BCUT2D eigenvalue weighted by Gasteiger charge is -2.21. The number of hydrogen-bond donors (Lipinski definition) is 0. The zero-order chi connectivity index (χ0) is 14.0. The Hall–Kier alpha value is -0.570. The summed E-state index contributed by atoms with van der Waals surface area (Å²) in [6, 6.07) is 6.33. The molecule has 1 aliphatic rings. The number of benzene rings is 1. The molecule has 1 atom stereocenters. The minimum absolute atomic E-state index is 0.173. The van der Waals surface area contributed by atoms with Crippen molar-refractivity contribution in [2.24, 2.45) is 0 Å². The van der Waals surface area contributed by atoms with E-state index in [9.17, 15) is 13.2 Å². The molecule has 1 unspecified atom stereocenters. The number of sulfonamides is 1. The average molecular weight is 366 g/mol. The normalized spacial score (nSPS) is 20.4. The molecular weight excluding hydrogens is 354 g/mol. The summed E-state index contributed by atoms with van der Waals surface area (Å²) in [4.78, 5) is 11.8. The Bertz CT molecular complexity index is 573. The van der Waals surface area contributed by atoms with E-state index >= 15 is 0 Å². The molecule has 0 aromatic heterocycles. The maximum absolute atomic E-state index is 12.5. The molecule has 5 nitrogen and oxygen atoms in total. The second-order valence-electron chi connectivity index (χ2n) is 3.82. The number of halogens is 1. The quantitative estimate of drug-likeness (QED) is 0.762. The third-order valence-electron chi connectivity index (χ3n) is 2.67. The second-order valence-corrected chi connectivity index (χ2v) is 7.81. The van der Waals surface area contributed by atoms with Gasteiger partial charge in [-0.1, -0.05) is 15.9 Å². The Morgan fingerprint density at radius 3 is 2.63 bits per heavy atom. The van der Waals surface area contributed by atoms with Crippen molar-refractivity contribution in [3.63, 3.8) is 0 Å². The molecule has 0 saturated carbocycles. The van der Waals surface area contributed by atoms with Crippen LogP contribution in [0.3, 0.4) is 0 Å². The van der Waals surface area contributed by atoms with E-state index < -0.39 is 21.4 Å². The van der Waals surface area contributed by atoms with E-state index in [-0.39, 0.29) is 4.90 Å². The molecule has 0 amide bonds. The highest BCUT2D eigenvalue weighted by atomic mass is 79.9. The number of esters is 1. The number of carbonyl (C=O) groups excluding carboxylic acids is 1. The molecule has 0 spiro atoms. The van der Waals surface area contributed by atoms with Gasteiger partial charge in [-0.2, -0.15) is 4.31 Å². The highest BCUT2D eigenvalue weighted by Gasteiger charge is 2.40. The molecule has 8 heteroatoms. The van der Waals surface area contributed by atoms with Gasteiger partial charge in [0.05, 0.1) is 12.0 Å².